The molecule has 0 aromatic heterocycles. The predicted molar refractivity (Wildman–Crippen MR) is 66.4 cm³/mol. The second-order valence-electron chi connectivity index (χ2n) is 2.17. The number of nitrogens with two attached hydrogens (primary N) is 1. The quantitative estimate of drug-likeness (QED) is 0.822. The zero-order valence-corrected chi connectivity index (χ0v) is 9.95. The van der Waals surface area contributed by atoms with Crippen LogP contribution in [0.15, 0.2) is 24.3 Å². The molecule has 0 fully saturated rings. The summed E-state index contributed by atoms with van der Waals surface area (Å²) < 4.78 is 0. The lowest BCUT2D eigenvalue weighted by molar-refractivity contribution is -0.105. The molecule has 0 saturated carbocycles. The number of anilines is 1. The summed E-state index contributed by atoms with van der Waals surface area (Å²) in [6.45, 7) is 0. The number of rotatable bonds is 3. The Bertz CT molecular complexity index is 321. The zero-order chi connectivity index (χ0) is 8.97. The van der Waals surface area contributed by atoms with Gasteiger partial charge in [-0.2, -0.15) is 0 Å². The van der Waals surface area contributed by atoms with E-state index in [1.54, 1.807) is 24.3 Å². The van der Waals surface area contributed by atoms with Crippen LogP contribution in [0.2, 0.25) is 0 Å². The summed E-state index contributed by atoms with van der Waals surface area (Å²) in [5.41, 5.74) is 5.79. The number of halogens is 3. The maximum atomic E-state index is 10.8. The van der Waals surface area contributed by atoms with Crippen LogP contribution in [-0.2, 0) is 4.79 Å². The molecule has 0 aliphatic heterocycles. The zero-order valence-electron chi connectivity index (χ0n) is 7.51. The lowest BCUT2D eigenvalue weighted by Crippen LogP contribution is -2.13. The van der Waals surface area contributed by atoms with Crippen molar-refractivity contribution in [3.8, 4) is 0 Å². The van der Waals surface area contributed by atoms with Crippen molar-refractivity contribution in [2.75, 3.05) is 5.32 Å². The fourth-order valence-electron chi connectivity index (χ4n) is 0.887. The number of amides is 2. The summed E-state index contributed by atoms with van der Waals surface area (Å²) in [7, 11) is 0. The molecular weight excluding hydrogens is 262 g/mol. The number of para-hydroxylation sites is 1. The predicted octanol–water partition coefficient (Wildman–Crippen LogP) is 1.62. The van der Waals surface area contributed by atoms with Crippen molar-refractivity contribution in [3.63, 3.8) is 0 Å². The molecule has 1 aromatic carbocycles. The van der Waals surface area contributed by atoms with Crippen molar-refractivity contribution in [2.24, 2.45) is 5.73 Å². The van der Waals surface area contributed by atoms with Gasteiger partial charge < -0.3 is 11.1 Å². The van der Waals surface area contributed by atoms with Crippen molar-refractivity contribution < 1.29 is 9.59 Å². The normalized spacial score (nSPS) is 7.20. The van der Waals surface area contributed by atoms with E-state index in [0.29, 0.717) is 17.7 Å². The van der Waals surface area contributed by atoms with E-state index in [1.165, 1.54) is 0 Å². The molecule has 0 spiro atoms. The second-order valence-corrected chi connectivity index (χ2v) is 2.17. The van der Waals surface area contributed by atoms with Crippen LogP contribution < -0.4 is 11.1 Å². The van der Waals surface area contributed by atoms with Gasteiger partial charge in [-0.3, -0.25) is 9.59 Å². The van der Waals surface area contributed by atoms with Crippen LogP contribution in [0, 0.1) is 0 Å². The third-order valence-electron chi connectivity index (χ3n) is 1.41. The van der Waals surface area contributed by atoms with Gasteiger partial charge in [0.15, 0.2) is 0 Å². The number of carbonyl (C=O) groups is 2. The number of nitrogens with one attached hydrogen (secondary N) is 1. The summed E-state index contributed by atoms with van der Waals surface area (Å²) in [6.07, 6.45) is 0.502. The van der Waals surface area contributed by atoms with Gasteiger partial charge in [0.2, 0.25) is 6.41 Å². The summed E-state index contributed by atoms with van der Waals surface area (Å²) >= 11 is 0. The Hall–Kier alpha value is -0.970. The fourth-order valence-corrected chi connectivity index (χ4v) is 0.887. The highest BCUT2D eigenvalue weighted by molar-refractivity contribution is 6.00. The highest BCUT2D eigenvalue weighted by Crippen LogP contribution is 2.12. The first-order valence-corrected chi connectivity index (χ1v) is 3.34. The maximum absolute atomic E-state index is 10.8. The molecule has 1 aromatic rings. The number of benzene rings is 1. The molecule has 0 bridgehead atoms. The number of primary amides is 1. The first-order chi connectivity index (χ1) is 5.75. The molecule has 0 heterocycles. The Morgan fingerprint density at radius 1 is 1.20 bits per heavy atom. The SMILES string of the molecule is Cl.Cl.Cl.NC(=O)c1ccccc1NC=O. The van der Waals surface area contributed by atoms with Gasteiger partial charge in [0.1, 0.15) is 0 Å². The standard InChI is InChI=1S/C8H8N2O2.3ClH/c9-8(12)6-3-1-2-4-7(6)10-5-11;;;/h1-5H,(H2,9,12)(H,10,11);3*1H. The van der Waals surface area contributed by atoms with Gasteiger partial charge in [0.05, 0.1) is 11.3 Å². The molecule has 1 rings (SSSR count). The van der Waals surface area contributed by atoms with Crippen LogP contribution in [0.25, 0.3) is 0 Å². The Labute approximate surface area is 106 Å². The molecule has 0 unspecified atom stereocenters. The molecular formula is C8H11Cl3N2O2. The Morgan fingerprint density at radius 2 is 1.73 bits per heavy atom. The minimum absolute atomic E-state index is 0. The van der Waals surface area contributed by atoms with Crippen molar-refractivity contribution in [1.82, 2.24) is 0 Å². The van der Waals surface area contributed by atoms with Gasteiger partial charge in [0, 0.05) is 0 Å². The van der Waals surface area contributed by atoms with E-state index in [1.807, 2.05) is 0 Å². The fraction of sp³-hybridized carbons (Fsp3) is 0. The Balaban J connectivity index is -0.000000480. The lowest BCUT2D eigenvalue weighted by Gasteiger charge is -2.02. The van der Waals surface area contributed by atoms with E-state index in [4.69, 9.17) is 5.73 Å². The van der Waals surface area contributed by atoms with Gasteiger partial charge in [0.25, 0.3) is 5.91 Å². The molecule has 15 heavy (non-hydrogen) atoms. The number of hydrogen-bond acceptors (Lipinski definition) is 2. The highest BCUT2D eigenvalue weighted by atomic mass is 35.5. The smallest absolute Gasteiger partial charge is 0.250 e. The molecule has 3 N–H and O–H groups in total. The molecule has 0 saturated heterocycles. The van der Waals surface area contributed by atoms with Gasteiger partial charge in [-0.05, 0) is 12.1 Å². The summed E-state index contributed by atoms with van der Waals surface area (Å²) in [5, 5.41) is 2.38. The van der Waals surface area contributed by atoms with E-state index >= 15 is 0 Å². The Kier molecular flexibility index (Phi) is 12.5. The van der Waals surface area contributed by atoms with Crippen molar-refractivity contribution in [3.05, 3.63) is 29.8 Å². The molecule has 86 valence electrons. The van der Waals surface area contributed by atoms with Gasteiger partial charge >= 0.3 is 0 Å². The molecule has 4 nitrogen and oxygen atoms in total. The lowest BCUT2D eigenvalue weighted by atomic mass is 10.2. The second kappa shape index (κ2) is 9.58. The third kappa shape index (κ3) is 5.47. The summed E-state index contributed by atoms with van der Waals surface area (Å²) in [4.78, 5) is 20.8. The van der Waals surface area contributed by atoms with E-state index < -0.39 is 5.91 Å². The molecule has 7 heteroatoms. The molecule has 0 aliphatic carbocycles. The summed E-state index contributed by atoms with van der Waals surface area (Å²) in [6, 6.07) is 6.54. The van der Waals surface area contributed by atoms with Crippen molar-refractivity contribution in [2.45, 2.75) is 0 Å². The first kappa shape index (κ1) is 19.6. The van der Waals surface area contributed by atoms with Gasteiger partial charge in [-0.1, -0.05) is 12.1 Å². The summed E-state index contributed by atoms with van der Waals surface area (Å²) in [5.74, 6) is -0.556. The average molecular weight is 274 g/mol. The van der Waals surface area contributed by atoms with Crippen LogP contribution in [-0.4, -0.2) is 12.3 Å². The van der Waals surface area contributed by atoms with Crippen LogP contribution in [0.4, 0.5) is 5.69 Å². The molecule has 2 amide bonds. The van der Waals surface area contributed by atoms with Gasteiger partial charge in [-0.25, -0.2) is 0 Å². The third-order valence-corrected chi connectivity index (χ3v) is 1.41. The first-order valence-electron chi connectivity index (χ1n) is 3.34. The average Bonchev–Trinajstić information content (AvgIpc) is 2.05. The maximum Gasteiger partial charge on any atom is 0.250 e. The van der Waals surface area contributed by atoms with E-state index in [2.05, 4.69) is 5.32 Å². The molecule has 0 atom stereocenters. The van der Waals surface area contributed by atoms with Crippen molar-refractivity contribution >= 4 is 55.2 Å². The van der Waals surface area contributed by atoms with E-state index in [-0.39, 0.29) is 37.2 Å². The van der Waals surface area contributed by atoms with Gasteiger partial charge in [-0.15, -0.1) is 37.2 Å². The molecule has 0 aliphatic rings. The van der Waals surface area contributed by atoms with Crippen LogP contribution >= 0.6 is 37.2 Å². The topological polar surface area (TPSA) is 72.2 Å². The van der Waals surface area contributed by atoms with Crippen molar-refractivity contribution in [1.29, 1.82) is 0 Å². The van der Waals surface area contributed by atoms with E-state index in [0.717, 1.165) is 0 Å². The van der Waals surface area contributed by atoms with E-state index in [9.17, 15) is 9.59 Å². The van der Waals surface area contributed by atoms with Crippen LogP contribution in [0.1, 0.15) is 10.4 Å². The minimum atomic E-state index is -0.556. The number of carbonyl (C=O) groups excluding carboxylic acids is 2. The molecule has 0 radical (unpaired) electrons. The Morgan fingerprint density at radius 3 is 2.20 bits per heavy atom. The highest BCUT2D eigenvalue weighted by Gasteiger charge is 2.04. The van der Waals surface area contributed by atoms with Crippen LogP contribution in [0.3, 0.4) is 0 Å². The van der Waals surface area contributed by atoms with Crippen LogP contribution in [0.5, 0.6) is 0 Å². The largest absolute Gasteiger partial charge is 0.366 e. The minimum Gasteiger partial charge on any atom is -0.366 e. The number of hydrogen-bond donors (Lipinski definition) is 2. The monoisotopic (exact) mass is 272 g/mol.